The van der Waals surface area contributed by atoms with Crippen molar-refractivity contribution in [3.8, 4) is 6.07 Å². The number of hydrogen-bond acceptors (Lipinski definition) is 6. The molecule has 8 nitrogen and oxygen atoms in total. The van der Waals surface area contributed by atoms with Gasteiger partial charge in [0.2, 0.25) is 0 Å². The van der Waals surface area contributed by atoms with E-state index in [9.17, 15) is 19.2 Å². The minimum Gasteiger partial charge on any atom is -0.347 e. The maximum Gasteiger partial charge on any atom is 0.275 e. The third kappa shape index (κ3) is 5.41. The molecule has 0 spiro atoms. The number of nitrogens with zero attached hydrogens (tertiary/aromatic N) is 5. The predicted octanol–water partition coefficient (Wildman–Crippen LogP) is 1.85. The van der Waals surface area contributed by atoms with Gasteiger partial charge in [-0.25, -0.2) is 14.4 Å². The summed E-state index contributed by atoms with van der Waals surface area (Å²) >= 11 is 0. The molecular formula is C22H25FN6O2. The Hall–Kier alpha value is -3.38. The number of benzene rings is 1. The highest BCUT2D eigenvalue weighted by atomic mass is 19.1. The van der Waals surface area contributed by atoms with Crippen molar-refractivity contribution >= 4 is 11.8 Å². The van der Waals surface area contributed by atoms with Gasteiger partial charge in [0, 0.05) is 45.1 Å². The molecule has 1 N–H and O–H groups in total. The SMILES string of the molecule is CC(C)C(C#N)N1CCN(C(=O)c2nccnc2C(=O)NCc2ccc(F)cc2)CC1. The third-order valence-electron chi connectivity index (χ3n) is 5.24. The second kappa shape index (κ2) is 10.1. The molecule has 3 rings (SSSR count). The lowest BCUT2D eigenvalue weighted by molar-refractivity contribution is 0.0567. The molecule has 2 aromatic rings. The lowest BCUT2D eigenvalue weighted by atomic mass is 10.0. The normalized spacial score (nSPS) is 15.4. The fourth-order valence-electron chi connectivity index (χ4n) is 3.53. The number of nitriles is 1. The summed E-state index contributed by atoms with van der Waals surface area (Å²) in [7, 11) is 0. The molecule has 1 aliphatic heterocycles. The molecule has 0 bridgehead atoms. The van der Waals surface area contributed by atoms with Gasteiger partial charge in [-0.15, -0.1) is 0 Å². The van der Waals surface area contributed by atoms with Crippen molar-refractivity contribution in [3.63, 3.8) is 0 Å². The average molecular weight is 424 g/mol. The number of piperazine rings is 1. The molecule has 162 valence electrons. The third-order valence-corrected chi connectivity index (χ3v) is 5.24. The van der Waals surface area contributed by atoms with Crippen molar-refractivity contribution in [1.82, 2.24) is 25.1 Å². The van der Waals surface area contributed by atoms with Gasteiger partial charge in [-0.3, -0.25) is 14.5 Å². The maximum absolute atomic E-state index is 13.0. The second-order valence-corrected chi connectivity index (χ2v) is 7.71. The molecule has 0 radical (unpaired) electrons. The molecule has 1 aliphatic rings. The molecule has 1 aromatic carbocycles. The highest BCUT2D eigenvalue weighted by Gasteiger charge is 2.30. The average Bonchev–Trinajstić information content (AvgIpc) is 2.79. The van der Waals surface area contributed by atoms with E-state index in [0.717, 1.165) is 5.56 Å². The van der Waals surface area contributed by atoms with Crippen LogP contribution >= 0.6 is 0 Å². The first kappa shape index (κ1) is 22.3. The van der Waals surface area contributed by atoms with Crippen LogP contribution in [0.15, 0.2) is 36.7 Å². The van der Waals surface area contributed by atoms with Crippen LogP contribution in [-0.2, 0) is 6.54 Å². The Kier molecular flexibility index (Phi) is 7.26. The smallest absolute Gasteiger partial charge is 0.275 e. The minimum absolute atomic E-state index is 0.00625. The zero-order valence-electron chi connectivity index (χ0n) is 17.6. The predicted molar refractivity (Wildman–Crippen MR) is 111 cm³/mol. The van der Waals surface area contributed by atoms with Crippen LogP contribution in [0.2, 0.25) is 0 Å². The summed E-state index contributed by atoms with van der Waals surface area (Å²) in [4.78, 5) is 37.6. The first-order chi connectivity index (χ1) is 14.9. The van der Waals surface area contributed by atoms with Gasteiger partial charge in [-0.1, -0.05) is 26.0 Å². The van der Waals surface area contributed by atoms with Crippen LogP contribution in [0.5, 0.6) is 0 Å². The summed E-state index contributed by atoms with van der Waals surface area (Å²) < 4.78 is 13.0. The van der Waals surface area contributed by atoms with Crippen LogP contribution in [0, 0.1) is 23.1 Å². The van der Waals surface area contributed by atoms with Crippen molar-refractivity contribution in [1.29, 1.82) is 5.26 Å². The summed E-state index contributed by atoms with van der Waals surface area (Å²) in [5.74, 6) is -1.04. The van der Waals surface area contributed by atoms with Gasteiger partial charge >= 0.3 is 0 Å². The molecule has 2 heterocycles. The monoisotopic (exact) mass is 424 g/mol. The van der Waals surface area contributed by atoms with Crippen molar-refractivity contribution in [2.24, 2.45) is 5.92 Å². The quantitative estimate of drug-likeness (QED) is 0.759. The molecule has 31 heavy (non-hydrogen) atoms. The lowest BCUT2D eigenvalue weighted by Gasteiger charge is -2.38. The van der Waals surface area contributed by atoms with E-state index in [1.807, 2.05) is 13.8 Å². The maximum atomic E-state index is 13.0. The number of halogens is 1. The zero-order valence-corrected chi connectivity index (χ0v) is 17.6. The van der Waals surface area contributed by atoms with E-state index in [-0.39, 0.29) is 41.6 Å². The van der Waals surface area contributed by atoms with Crippen molar-refractivity contribution in [3.05, 3.63) is 59.4 Å². The number of rotatable bonds is 6. The number of carbonyl (C=O) groups is 2. The molecular weight excluding hydrogens is 399 g/mol. The molecule has 2 amide bonds. The van der Waals surface area contributed by atoms with E-state index in [1.54, 1.807) is 17.0 Å². The van der Waals surface area contributed by atoms with Gasteiger partial charge in [-0.05, 0) is 23.6 Å². The Balaban J connectivity index is 1.65. The van der Waals surface area contributed by atoms with Crippen LogP contribution in [0.1, 0.15) is 40.4 Å². The number of carbonyl (C=O) groups excluding carboxylic acids is 2. The number of nitrogens with one attached hydrogen (secondary N) is 1. The molecule has 0 aliphatic carbocycles. The van der Waals surface area contributed by atoms with Gasteiger partial charge in [0.05, 0.1) is 6.07 Å². The summed E-state index contributed by atoms with van der Waals surface area (Å²) in [5, 5.41) is 12.1. The van der Waals surface area contributed by atoms with Crippen LogP contribution in [-0.4, -0.2) is 63.8 Å². The molecule has 1 fully saturated rings. The van der Waals surface area contributed by atoms with Crippen molar-refractivity contribution < 1.29 is 14.0 Å². The largest absolute Gasteiger partial charge is 0.347 e. The van der Waals surface area contributed by atoms with E-state index < -0.39 is 5.91 Å². The van der Waals surface area contributed by atoms with E-state index in [0.29, 0.717) is 26.2 Å². The Morgan fingerprint density at radius 2 is 1.71 bits per heavy atom. The first-order valence-corrected chi connectivity index (χ1v) is 10.2. The van der Waals surface area contributed by atoms with Crippen LogP contribution in [0.25, 0.3) is 0 Å². The Bertz CT molecular complexity index is 965. The van der Waals surface area contributed by atoms with Crippen LogP contribution in [0.4, 0.5) is 4.39 Å². The number of amides is 2. The Labute approximate surface area is 180 Å². The summed E-state index contributed by atoms with van der Waals surface area (Å²) in [6.07, 6.45) is 2.74. The van der Waals surface area contributed by atoms with E-state index in [2.05, 4.69) is 26.3 Å². The Morgan fingerprint density at radius 3 is 2.29 bits per heavy atom. The fraction of sp³-hybridized carbons (Fsp3) is 0.409. The summed E-state index contributed by atoms with van der Waals surface area (Å²) in [6.45, 7) is 6.22. The van der Waals surface area contributed by atoms with Gasteiger partial charge in [0.15, 0.2) is 11.4 Å². The molecule has 1 unspecified atom stereocenters. The Morgan fingerprint density at radius 1 is 1.10 bits per heavy atom. The van der Waals surface area contributed by atoms with Gasteiger partial charge < -0.3 is 10.2 Å². The lowest BCUT2D eigenvalue weighted by Crippen LogP contribution is -2.53. The van der Waals surface area contributed by atoms with E-state index >= 15 is 0 Å². The molecule has 1 aromatic heterocycles. The van der Waals surface area contributed by atoms with E-state index in [1.165, 1.54) is 24.5 Å². The molecule has 0 saturated carbocycles. The van der Waals surface area contributed by atoms with Crippen LogP contribution < -0.4 is 5.32 Å². The number of hydrogen-bond donors (Lipinski definition) is 1. The number of aromatic nitrogens is 2. The van der Waals surface area contributed by atoms with Gasteiger partial charge in [-0.2, -0.15) is 5.26 Å². The molecule has 9 heteroatoms. The molecule has 1 saturated heterocycles. The first-order valence-electron chi connectivity index (χ1n) is 10.2. The fourth-order valence-corrected chi connectivity index (χ4v) is 3.53. The highest BCUT2D eigenvalue weighted by Crippen LogP contribution is 2.15. The summed E-state index contributed by atoms with van der Waals surface area (Å²) in [5.41, 5.74) is 0.669. The highest BCUT2D eigenvalue weighted by molar-refractivity contribution is 6.04. The minimum atomic E-state index is -0.524. The van der Waals surface area contributed by atoms with E-state index in [4.69, 9.17) is 0 Å². The van der Waals surface area contributed by atoms with Gasteiger partial charge in [0.25, 0.3) is 11.8 Å². The van der Waals surface area contributed by atoms with Gasteiger partial charge in [0.1, 0.15) is 11.9 Å². The zero-order chi connectivity index (χ0) is 22.4. The van der Waals surface area contributed by atoms with Crippen LogP contribution in [0.3, 0.4) is 0 Å². The van der Waals surface area contributed by atoms with Crippen molar-refractivity contribution in [2.45, 2.75) is 26.4 Å². The topological polar surface area (TPSA) is 102 Å². The standard InChI is InChI=1S/C22H25FN6O2/c1-15(2)18(13-24)28-9-11-29(12-10-28)22(31)20-19(25-7-8-26-20)21(30)27-14-16-3-5-17(23)6-4-16/h3-8,15,18H,9-12,14H2,1-2H3,(H,27,30). The second-order valence-electron chi connectivity index (χ2n) is 7.71. The van der Waals surface area contributed by atoms with Crippen molar-refractivity contribution in [2.75, 3.05) is 26.2 Å². The summed E-state index contributed by atoms with van der Waals surface area (Å²) in [6, 6.07) is 7.91. The molecule has 1 atom stereocenters.